The van der Waals surface area contributed by atoms with Gasteiger partial charge in [-0.05, 0) is 40.5 Å². The Labute approximate surface area is 143 Å². The second-order valence-electron chi connectivity index (χ2n) is 4.57. The van der Waals surface area contributed by atoms with E-state index in [1.54, 1.807) is 6.07 Å². The van der Waals surface area contributed by atoms with Gasteiger partial charge in [0.1, 0.15) is 0 Å². The highest BCUT2D eigenvalue weighted by Gasteiger charge is 2.29. The van der Waals surface area contributed by atoms with Gasteiger partial charge in [0.15, 0.2) is 0 Å². The Kier molecular flexibility index (Phi) is 6.53. The van der Waals surface area contributed by atoms with Gasteiger partial charge in [-0.15, -0.1) is 0 Å². The Morgan fingerprint density at radius 3 is 1.88 bits per heavy atom. The molecule has 2 aromatic carbocycles. The molecule has 0 radical (unpaired) electrons. The number of halogens is 4. The molecule has 0 aliphatic rings. The SMILES string of the molecule is Cc1c(C(=O)O)ccc(Br)c1C(=O)O.FC(F)(F)c1ccccc1. The zero-order valence-corrected chi connectivity index (χ0v) is 13.9. The summed E-state index contributed by atoms with van der Waals surface area (Å²) in [7, 11) is 0. The first kappa shape index (κ1) is 19.7. The fraction of sp³-hybridized carbons (Fsp3) is 0.125. The van der Waals surface area contributed by atoms with Gasteiger partial charge >= 0.3 is 18.1 Å². The van der Waals surface area contributed by atoms with Gasteiger partial charge in [0.05, 0.1) is 16.7 Å². The van der Waals surface area contributed by atoms with Crippen molar-refractivity contribution in [2.45, 2.75) is 13.1 Å². The average molecular weight is 405 g/mol. The van der Waals surface area contributed by atoms with Crippen molar-refractivity contribution in [3.05, 3.63) is 69.2 Å². The Bertz CT molecular complexity index is 743. The number of rotatable bonds is 2. The third-order valence-electron chi connectivity index (χ3n) is 2.96. The summed E-state index contributed by atoms with van der Waals surface area (Å²) in [5.41, 5.74) is -0.357. The number of hydrogen-bond acceptors (Lipinski definition) is 2. The first-order valence-electron chi connectivity index (χ1n) is 6.43. The molecule has 0 aliphatic carbocycles. The van der Waals surface area contributed by atoms with Crippen LogP contribution in [0.2, 0.25) is 0 Å². The van der Waals surface area contributed by atoms with Crippen LogP contribution in [-0.4, -0.2) is 22.2 Å². The molecule has 0 amide bonds. The van der Waals surface area contributed by atoms with E-state index in [1.807, 2.05) is 0 Å². The molecule has 0 spiro atoms. The van der Waals surface area contributed by atoms with Gasteiger partial charge in [-0.25, -0.2) is 9.59 Å². The number of hydrogen-bond donors (Lipinski definition) is 2. The van der Waals surface area contributed by atoms with Gasteiger partial charge in [0.25, 0.3) is 0 Å². The van der Waals surface area contributed by atoms with E-state index in [0.29, 0.717) is 4.47 Å². The highest BCUT2D eigenvalue weighted by atomic mass is 79.9. The van der Waals surface area contributed by atoms with Crippen molar-refractivity contribution in [2.24, 2.45) is 0 Å². The summed E-state index contributed by atoms with van der Waals surface area (Å²) in [4.78, 5) is 21.5. The van der Waals surface area contributed by atoms with Crippen LogP contribution < -0.4 is 0 Å². The predicted molar refractivity (Wildman–Crippen MR) is 84.2 cm³/mol. The quantitative estimate of drug-likeness (QED) is 0.749. The molecule has 0 fully saturated rings. The minimum absolute atomic E-state index is 0.00519. The van der Waals surface area contributed by atoms with Gasteiger partial charge in [-0.2, -0.15) is 13.2 Å². The van der Waals surface area contributed by atoms with Crippen LogP contribution in [0.1, 0.15) is 31.8 Å². The van der Waals surface area contributed by atoms with Crippen LogP contribution in [0.5, 0.6) is 0 Å². The van der Waals surface area contributed by atoms with Crippen molar-refractivity contribution < 1.29 is 33.0 Å². The Morgan fingerprint density at radius 1 is 0.958 bits per heavy atom. The molecule has 2 N–H and O–H groups in total. The van der Waals surface area contributed by atoms with Crippen LogP contribution in [-0.2, 0) is 6.18 Å². The van der Waals surface area contributed by atoms with Crippen LogP contribution in [0.4, 0.5) is 13.2 Å². The van der Waals surface area contributed by atoms with E-state index >= 15 is 0 Å². The zero-order valence-electron chi connectivity index (χ0n) is 12.3. The molecule has 0 aliphatic heterocycles. The lowest BCUT2D eigenvalue weighted by Crippen LogP contribution is -2.07. The number of carboxylic acids is 2. The normalized spacial score (nSPS) is 10.5. The molecule has 2 rings (SSSR count). The summed E-state index contributed by atoms with van der Waals surface area (Å²) in [5.74, 6) is -2.27. The third kappa shape index (κ3) is 5.09. The largest absolute Gasteiger partial charge is 0.478 e. The number of aromatic carboxylic acids is 2. The van der Waals surface area contributed by atoms with E-state index in [-0.39, 0.29) is 16.7 Å². The second-order valence-corrected chi connectivity index (χ2v) is 5.42. The highest BCUT2D eigenvalue weighted by molar-refractivity contribution is 9.10. The molecule has 24 heavy (non-hydrogen) atoms. The standard InChI is InChI=1S/C9H7BrO4.C7H5F3/c1-4-5(8(11)12)2-3-6(10)7(4)9(13)14;8-7(9,10)6-4-2-1-3-5-6/h2-3H,1H3,(H,11,12)(H,13,14);1-5H. The molecule has 0 aromatic heterocycles. The van der Waals surface area contributed by atoms with E-state index in [4.69, 9.17) is 10.2 Å². The lowest BCUT2D eigenvalue weighted by molar-refractivity contribution is -0.137. The Balaban J connectivity index is 0.000000254. The first-order chi connectivity index (χ1) is 11.1. The number of benzene rings is 2. The molecule has 2 aromatic rings. The topological polar surface area (TPSA) is 74.6 Å². The monoisotopic (exact) mass is 404 g/mol. The summed E-state index contributed by atoms with van der Waals surface area (Å²) >= 11 is 3.06. The van der Waals surface area contributed by atoms with Crippen LogP contribution in [0.15, 0.2) is 46.9 Å². The number of alkyl halides is 3. The summed E-state index contributed by atoms with van der Waals surface area (Å²) in [6, 6.07) is 9.15. The Morgan fingerprint density at radius 2 is 1.50 bits per heavy atom. The first-order valence-corrected chi connectivity index (χ1v) is 7.23. The molecule has 4 nitrogen and oxygen atoms in total. The van der Waals surface area contributed by atoms with E-state index in [2.05, 4.69) is 15.9 Å². The van der Waals surface area contributed by atoms with Gasteiger partial charge in [0.2, 0.25) is 0 Å². The zero-order chi connectivity index (χ0) is 18.5. The van der Waals surface area contributed by atoms with Crippen molar-refractivity contribution in [1.29, 1.82) is 0 Å². The van der Waals surface area contributed by atoms with Gasteiger partial charge in [0, 0.05) is 4.47 Å². The fourth-order valence-corrected chi connectivity index (χ4v) is 2.40. The molecule has 0 unspecified atom stereocenters. The van der Waals surface area contributed by atoms with Crippen molar-refractivity contribution in [3.63, 3.8) is 0 Å². The lowest BCUT2D eigenvalue weighted by Gasteiger charge is -2.06. The van der Waals surface area contributed by atoms with Gasteiger partial charge in [-0.1, -0.05) is 30.3 Å². The molecule has 0 bridgehead atoms. The molecule has 0 saturated carbocycles. The maximum absolute atomic E-state index is 11.8. The van der Waals surface area contributed by atoms with E-state index in [9.17, 15) is 22.8 Å². The molecule has 8 heteroatoms. The average Bonchev–Trinajstić information content (AvgIpc) is 2.47. The summed E-state index contributed by atoms with van der Waals surface area (Å²) in [6.07, 6.45) is -4.21. The molecule has 128 valence electrons. The summed E-state index contributed by atoms with van der Waals surface area (Å²) < 4.78 is 35.7. The summed E-state index contributed by atoms with van der Waals surface area (Å²) in [6.45, 7) is 1.47. The number of carbonyl (C=O) groups is 2. The van der Waals surface area contributed by atoms with Crippen LogP contribution in [0.3, 0.4) is 0 Å². The fourth-order valence-electron chi connectivity index (χ4n) is 1.80. The molecule has 0 atom stereocenters. The van der Waals surface area contributed by atoms with Crippen molar-refractivity contribution >= 4 is 27.9 Å². The molecular formula is C16H12BrF3O4. The summed E-state index contributed by atoms with van der Waals surface area (Å²) in [5, 5.41) is 17.6. The van der Waals surface area contributed by atoms with Gasteiger partial charge in [-0.3, -0.25) is 0 Å². The Hall–Kier alpha value is -2.35. The van der Waals surface area contributed by atoms with Gasteiger partial charge < -0.3 is 10.2 Å². The molecule has 0 saturated heterocycles. The minimum atomic E-state index is -4.21. The van der Waals surface area contributed by atoms with Crippen LogP contribution in [0, 0.1) is 6.92 Å². The predicted octanol–water partition coefficient (Wildman–Crippen LogP) is 4.86. The number of carboxylic acid groups (broad SMARTS) is 2. The van der Waals surface area contributed by atoms with Crippen molar-refractivity contribution in [3.8, 4) is 0 Å². The maximum Gasteiger partial charge on any atom is 0.416 e. The van der Waals surface area contributed by atoms with E-state index in [0.717, 1.165) is 12.1 Å². The van der Waals surface area contributed by atoms with Crippen LogP contribution in [0.25, 0.3) is 0 Å². The van der Waals surface area contributed by atoms with Crippen LogP contribution >= 0.6 is 15.9 Å². The lowest BCUT2D eigenvalue weighted by atomic mass is 10.0. The maximum atomic E-state index is 11.8. The second kappa shape index (κ2) is 7.96. The molecular weight excluding hydrogens is 393 g/mol. The minimum Gasteiger partial charge on any atom is -0.478 e. The van der Waals surface area contributed by atoms with Crippen molar-refractivity contribution in [2.75, 3.05) is 0 Å². The highest BCUT2D eigenvalue weighted by Crippen LogP contribution is 2.28. The van der Waals surface area contributed by atoms with E-state index in [1.165, 1.54) is 31.2 Å². The van der Waals surface area contributed by atoms with Crippen molar-refractivity contribution in [1.82, 2.24) is 0 Å². The smallest absolute Gasteiger partial charge is 0.416 e. The third-order valence-corrected chi connectivity index (χ3v) is 3.62. The molecule has 0 heterocycles. The van der Waals surface area contributed by atoms with E-state index < -0.39 is 23.7 Å².